The smallest absolute Gasteiger partial charge is 0.361 e. The van der Waals surface area contributed by atoms with Crippen LogP contribution in [0.25, 0.3) is 11.3 Å². The normalized spacial score (nSPS) is 10.6. The third-order valence-electron chi connectivity index (χ3n) is 3.22. The Bertz CT molecular complexity index is 866. The minimum absolute atomic E-state index is 0.170. The van der Waals surface area contributed by atoms with Crippen LogP contribution in [0.5, 0.6) is 0 Å². The average molecular weight is 360 g/mol. The number of rotatable bonds is 5. The number of ether oxygens (including phenoxy) is 1. The van der Waals surface area contributed by atoms with E-state index in [4.69, 9.17) is 16.3 Å². The number of esters is 1. The lowest BCUT2D eigenvalue weighted by atomic mass is 10.1. The van der Waals surface area contributed by atoms with Crippen molar-refractivity contribution in [2.45, 2.75) is 16.7 Å². The number of H-pyrrole nitrogens is 1. The van der Waals surface area contributed by atoms with Gasteiger partial charge in [0.25, 0.3) is 0 Å². The molecule has 5 nitrogen and oxygen atoms in total. The summed E-state index contributed by atoms with van der Waals surface area (Å²) in [5.41, 5.74) is 1.42. The lowest BCUT2D eigenvalue weighted by Crippen LogP contribution is -2.07. The van der Waals surface area contributed by atoms with Gasteiger partial charge in [-0.3, -0.25) is 0 Å². The lowest BCUT2D eigenvalue weighted by Gasteiger charge is -2.09. The third kappa shape index (κ3) is 3.44. The number of aromatic amines is 1. The highest BCUT2D eigenvalue weighted by Gasteiger charge is 2.21. The molecule has 0 atom stereocenters. The van der Waals surface area contributed by atoms with Crippen LogP contribution in [-0.4, -0.2) is 28.0 Å². The molecule has 2 aromatic carbocycles. The topological polar surface area (TPSA) is 67.9 Å². The maximum Gasteiger partial charge on any atom is 0.361 e. The molecule has 24 heavy (non-hydrogen) atoms. The molecule has 7 heteroatoms. The van der Waals surface area contributed by atoms with E-state index in [1.807, 2.05) is 48.5 Å². The predicted molar refractivity (Wildman–Crippen MR) is 93.4 cm³/mol. The second kappa shape index (κ2) is 7.51. The molecular formula is C17H14ClN3O2S. The molecule has 122 valence electrons. The first kappa shape index (κ1) is 16.5. The molecule has 3 rings (SSSR count). The van der Waals surface area contributed by atoms with Crippen LogP contribution >= 0.6 is 23.4 Å². The first-order valence-corrected chi connectivity index (χ1v) is 8.49. The number of hydrogen-bond donors (Lipinski definition) is 1. The summed E-state index contributed by atoms with van der Waals surface area (Å²) >= 11 is 7.75. The van der Waals surface area contributed by atoms with Crippen molar-refractivity contribution in [3.05, 3.63) is 59.2 Å². The van der Waals surface area contributed by atoms with Crippen LogP contribution in [0, 0.1) is 0 Å². The minimum Gasteiger partial charge on any atom is -0.461 e. The maximum atomic E-state index is 12.1. The van der Waals surface area contributed by atoms with Gasteiger partial charge in [0, 0.05) is 15.4 Å². The number of halogens is 1. The Morgan fingerprint density at radius 3 is 2.58 bits per heavy atom. The zero-order valence-corrected chi connectivity index (χ0v) is 14.4. The van der Waals surface area contributed by atoms with E-state index in [9.17, 15) is 4.79 Å². The van der Waals surface area contributed by atoms with Crippen molar-refractivity contribution < 1.29 is 9.53 Å². The summed E-state index contributed by atoms with van der Waals surface area (Å²) in [6.07, 6.45) is 0. The van der Waals surface area contributed by atoms with Crippen molar-refractivity contribution in [2.24, 2.45) is 0 Å². The van der Waals surface area contributed by atoms with Crippen molar-refractivity contribution in [3.63, 3.8) is 0 Å². The van der Waals surface area contributed by atoms with Gasteiger partial charge in [0.1, 0.15) is 5.69 Å². The Morgan fingerprint density at radius 2 is 1.83 bits per heavy atom. The van der Waals surface area contributed by atoms with Crippen molar-refractivity contribution in [1.29, 1.82) is 0 Å². The highest BCUT2D eigenvalue weighted by Crippen LogP contribution is 2.38. The van der Waals surface area contributed by atoms with E-state index in [1.165, 1.54) is 11.8 Å². The number of benzene rings is 2. The fraction of sp³-hybridized carbons (Fsp3) is 0.118. The van der Waals surface area contributed by atoms with Gasteiger partial charge in [0.05, 0.1) is 11.6 Å². The highest BCUT2D eigenvalue weighted by atomic mass is 35.5. The molecule has 1 aromatic heterocycles. The van der Waals surface area contributed by atoms with E-state index in [-0.39, 0.29) is 12.3 Å². The van der Waals surface area contributed by atoms with Gasteiger partial charge in [-0.1, -0.05) is 53.7 Å². The fourth-order valence-electron chi connectivity index (χ4n) is 2.16. The number of carbonyl (C=O) groups is 1. The Labute approximate surface area is 148 Å². The summed E-state index contributed by atoms with van der Waals surface area (Å²) in [5, 5.41) is 11.2. The summed E-state index contributed by atoms with van der Waals surface area (Å²) in [6.45, 7) is 2.03. The summed E-state index contributed by atoms with van der Waals surface area (Å²) in [6, 6.07) is 15.2. The molecule has 0 fully saturated rings. The molecule has 0 bridgehead atoms. The second-order valence-corrected chi connectivity index (χ2v) is 6.26. The maximum absolute atomic E-state index is 12.1. The number of hydrogen-bond acceptors (Lipinski definition) is 5. The van der Waals surface area contributed by atoms with Crippen LogP contribution in [-0.2, 0) is 4.74 Å². The SMILES string of the molecule is CCOC(=O)c1n[nH]nc1-c1ccccc1Sc1ccccc1Cl. The number of carbonyl (C=O) groups excluding carboxylic acids is 1. The van der Waals surface area contributed by atoms with Crippen LogP contribution in [0.3, 0.4) is 0 Å². The Hall–Kier alpha value is -2.31. The summed E-state index contributed by atoms with van der Waals surface area (Å²) in [5.74, 6) is -0.501. The van der Waals surface area contributed by atoms with Crippen molar-refractivity contribution in [2.75, 3.05) is 6.61 Å². The Balaban J connectivity index is 2.01. The molecule has 1 heterocycles. The minimum atomic E-state index is -0.501. The van der Waals surface area contributed by atoms with Gasteiger partial charge in [-0.2, -0.15) is 10.3 Å². The van der Waals surface area contributed by atoms with Gasteiger partial charge in [-0.05, 0) is 25.1 Å². The third-order valence-corrected chi connectivity index (χ3v) is 4.81. The molecule has 0 aliphatic rings. The van der Waals surface area contributed by atoms with Crippen LogP contribution in [0.2, 0.25) is 5.02 Å². The van der Waals surface area contributed by atoms with Gasteiger partial charge in [0.15, 0.2) is 5.69 Å². The molecule has 0 amide bonds. The zero-order valence-electron chi connectivity index (χ0n) is 12.8. The van der Waals surface area contributed by atoms with Crippen LogP contribution in [0.4, 0.5) is 0 Å². The van der Waals surface area contributed by atoms with Gasteiger partial charge in [-0.15, -0.1) is 5.10 Å². The van der Waals surface area contributed by atoms with Crippen LogP contribution in [0.15, 0.2) is 58.3 Å². The molecule has 3 aromatic rings. The largest absolute Gasteiger partial charge is 0.461 e. The predicted octanol–water partition coefficient (Wildman–Crippen LogP) is 4.45. The fourth-order valence-corrected chi connectivity index (χ4v) is 3.38. The quantitative estimate of drug-likeness (QED) is 0.681. The average Bonchev–Trinajstić information content (AvgIpc) is 3.07. The van der Waals surface area contributed by atoms with Gasteiger partial charge in [-0.25, -0.2) is 4.79 Å². The first-order valence-electron chi connectivity index (χ1n) is 7.30. The number of nitrogens with zero attached hydrogens (tertiary/aromatic N) is 2. The first-order chi connectivity index (χ1) is 11.7. The monoisotopic (exact) mass is 359 g/mol. The molecule has 0 unspecified atom stereocenters. The summed E-state index contributed by atoms with van der Waals surface area (Å²) in [7, 11) is 0. The molecule has 1 N–H and O–H groups in total. The van der Waals surface area contributed by atoms with E-state index in [0.717, 1.165) is 15.4 Å². The van der Waals surface area contributed by atoms with Crippen LogP contribution < -0.4 is 0 Å². The second-order valence-electron chi connectivity index (χ2n) is 4.77. The van der Waals surface area contributed by atoms with Gasteiger partial charge in [0.2, 0.25) is 0 Å². The van der Waals surface area contributed by atoms with E-state index < -0.39 is 5.97 Å². The summed E-state index contributed by atoms with van der Waals surface area (Å²) < 4.78 is 5.04. The number of nitrogens with one attached hydrogen (secondary N) is 1. The van der Waals surface area contributed by atoms with E-state index in [2.05, 4.69) is 15.4 Å². The Kier molecular flexibility index (Phi) is 5.17. The molecule has 0 aliphatic carbocycles. The molecule has 0 saturated carbocycles. The van der Waals surface area contributed by atoms with Gasteiger partial charge >= 0.3 is 5.97 Å². The van der Waals surface area contributed by atoms with Crippen molar-refractivity contribution in [1.82, 2.24) is 15.4 Å². The summed E-state index contributed by atoms with van der Waals surface area (Å²) in [4.78, 5) is 13.9. The van der Waals surface area contributed by atoms with E-state index in [1.54, 1.807) is 6.92 Å². The molecule has 0 saturated heterocycles. The molecule has 0 aliphatic heterocycles. The van der Waals surface area contributed by atoms with Crippen molar-refractivity contribution >= 4 is 29.3 Å². The highest BCUT2D eigenvalue weighted by molar-refractivity contribution is 7.99. The Morgan fingerprint density at radius 1 is 1.12 bits per heavy atom. The lowest BCUT2D eigenvalue weighted by molar-refractivity contribution is 0.0520. The molecular weight excluding hydrogens is 346 g/mol. The van der Waals surface area contributed by atoms with Crippen molar-refractivity contribution in [3.8, 4) is 11.3 Å². The standard InChI is InChI=1S/C17H14ClN3O2S/c1-2-23-17(22)16-15(19-21-20-16)11-7-3-5-9-13(11)24-14-10-6-4-8-12(14)18/h3-10H,2H2,1H3,(H,19,20,21). The van der Waals surface area contributed by atoms with Gasteiger partial charge < -0.3 is 4.74 Å². The zero-order chi connectivity index (χ0) is 16.9. The number of aromatic nitrogens is 3. The van der Waals surface area contributed by atoms with E-state index in [0.29, 0.717) is 10.7 Å². The van der Waals surface area contributed by atoms with Crippen LogP contribution in [0.1, 0.15) is 17.4 Å². The van der Waals surface area contributed by atoms with E-state index >= 15 is 0 Å². The molecule has 0 radical (unpaired) electrons. The molecule has 0 spiro atoms.